The fraction of sp³-hybridized carbons (Fsp3) is 0.750. The van der Waals surface area contributed by atoms with Gasteiger partial charge in [-0.25, -0.2) is 0 Å². The second-order valence-electron chi connectivity index (χ2n) is 6.53. The summed E-state index contributed by atoms with van der Waals surface area (Å²) in [7, 11) is 1.72. The van der Waals surface area contributed by atoms with Crippen LogP contribution in [0, 0.1) is 0 Å². The van der Waals surface area contributed by atoms with E-state index in [0.717, 1.165) is 31.6 Å². The first kappa shape index (κ1) is 15.5. The van der Waals surface area contributed by atoms with Crippen LogP contribution in [0.5, 0.6) is 0 Å². The molecule has 2 saturated heterocycles. The second-order valence-corrected chi connectivity index (χ2v) is 6.53. The lowest BCUT2D eigenvalue weighted by atomic mass is 9.86. The third kappa shape index (κ3) is 2.65. The van der Waals surface area contributed by atoms with Gasteiger partial charge in [-0.15, -0.1) is 0 Å². The zero-order chi connectivity index (χ0) is 15.7. The number of carbonyl (C=O) groups is 1. The standard InChI is InChI=1S/C16H24N2O4/c1-11(2)12-9-13(22-17-12)15(19)18-7-5-14(20-3)16(10-18)6-4-8-21-16/h9,11,14H,4-8,10H2,1-3H3/t14-,16-/m0/s1. The van der Waals surface area contributed by atoms with Crippen LogP contribution in [0.15, 0.2) is 10.6 Å². The predicted molar refractivity (Wildman–Crippen MR) is 79.8 cm³/mol. The van der Waals surface area contributed by atoms with E-state index in [9.17, 15) is 4.79 Å². The number of ether oxygens (including phenoxy) is 2. The van der Waals surface area contributed by atoms with Crippen LogP contribution >= 0.6 is 0 Å². The van der Waals surface area contributed by atoms with Gasteiger partial charge >= 0.3 is 0 Å². The largest absolute Gasteiger partial charge is 0.378 e. The molecular weight excluding hydrogens is 284 g/mol. The lowest BCUT2D eigenvalue weighted by Gasteiger charge is -2.44. The van der Waals surface area contributed by atoms with Gasteiger partial charge in [-0.3, -0.25) is 4.79 Å². The maximum Gasteiger partial charge on any atom is 0.292 e. The van der Waals surface area contributed by atoms with Crippen LogP contribution in [-0.4, -0.2) is 54.5 Å². The van der Waals surface area contributed by atoms with Crippen molar-refractivity contribution in [2.24, 2.45) is 0 Å². The summed E-state index contributed by atoms with van der Waals surface area (Å²) in [6.45, 7) is 6.00. The van der Waals surface area contributed by atoms with E-state index in [1.807, 2.05) is 18.7 Å². The van der Waals surface area contributed by atoms with E-state index >= 15 is 0 Å². The summed E-state index contributed by atoms with van der Waals surface area (Å²) in [4.78, 5) is 14.5. The number of hydrogen-bond acceptors (Lipinski definition) is 5. The number of methoxy groups -OCH3 is 1. The fourth-order valence-corrected chi connectivity index (χ4v) is 3.46. The van der Waals surface area contributed by atoms with E-state index in [1.54, 1.807) is 13.2 Å². The van der Waals surface area contributed by atoms with Gasteiger partial charge in [-0.05, 0) is 25.2 Å². The molecule has 1 aromatic rings. The van der Waals surface area contributed by atoms with Crippen LogP contribution in [0.4, 0.5) is 0 Å². The van der Waals surface area contributed by atoms with Crippen LogP contribution in [0.1, 0.15) is 55.3 Å². The van der Waals surface area contributed by atoms with E-state index in [1.165, 1.54) is 0 Å². The fourth-order valence-electron chi connectivity index (χ4n) is 3.46. The Morgan fingerprint density at radius 3 is 2.95 bits per heavy atom. The molecule has 122 valence electrons. The number of amides is 1. The molecular formula is C16H24N2O4. The Morgan fingerprint density at radius 2 is 2.36 bits per heavy atom. The van der Waals surface area contributed by atoms with Crippen molar-refractivity contribution >= 4 is 5.91 Å². The number of hydrogen-bond donors (Lipinski definition) is 0. The zero-order valence-corrected chi connectivity index (χ0v) is 13.5. The molecule has 2 fully saturated rings. The van der Waals surface area contributed by atoms with Gasteiger partial charge in [0.05, 0.1) is 18.3 Å². The summed E-state index contributed by atoms with van der Waals surface area (Å²) < 4.78 is 16.8. The second kappa shape index (κ2) is 6.01. The molecule has 0 saturated carbocycles. The highest BCUT2D eigenvalue weighted by Gasteiger charge is 2.48. The lowest BCUT2D eigenvalue weighted by molar-refractivity contribution is -0.137. The summed E-state index contributed by atoms with van der Waals surface area (Å²) in [5, 5.41) is 3.97. The van der Waals surface area contributed by atoms with E-state index in [0.29, 0.717) is 18.8 Å². The molecule has 3 rings (SSSR count). The third-order valence-electron chi connectivity index (χ3n) is 4.74. The molecule has 0 bridgehead atoms. The molecule has 0 radical (unpaired) electrons. The number of piperidine rings is 1. The first-order valence-corrected chi connectivity index (χ1v) is 7.98. The molecule has 1 aromatic heterocycles. The van der Waals surface area contributed by atoms with Gasteiger partial charge in [0.15, 0.2) is 0 Å². The number of aromatic nitrogens is 1. The molecule has 0 aromatic carbocycles. The van der Waals surface area contributed by atoms with Gasteiger partial charge in [0.1, 0.15) is 5.60 Å². The first-order valence-electron chi connectivity index (χ1n) is 7.98. The van der Waals surface area contributed by atoms with Crippen molar-refractivity contribution in [1.29, 1.82) is 0 Å². The Balaban J connectivity index is 1.75. The van der Waals surface area contributed by atoms with Crippen molar-refractivity contribution in [3.8, 4) is 0 Å². The Labute approximate surface area is 130 Å². The number of carbonyl (C=O) groups excluding carboxylic acids is 1. The van der Waals surface area contributed by atoms with Crippen LogP contribution < -0.4 is 0 Å². The van der Waals surface area contributed by atoms with Crippen molar-refractivity contribution in [3.63, 3.8) is 0 Å². The summed E-state index contributed by atoms with van der Waals surface area (Å²) in [5.41, 5.74) is 0.450. The van der Waals surface area contributed by atoms with Crippen molar-refractivity contribution in [2.75, 3.05) is 26.8 Å². The molecule has 6 heteroatoms. The molecule has 2 aliphatic rings. The van der Waals surface area contributed by atoms with Crippen LogP contribution in [0.2, 0.25) is 0 Å². The highest BCUT2D eigenvalue weighted by Crippen LogP contribution is 2.36. The van der Waals surface area contributed by atoms with Gasteiger partial charge in [0.25, 0.3) is 5.91 Å². The highest BCUT2D eigenvalue weighted by atomic mass is 16.6. The van der Waals surface area contributed by atoms with Gasteiger partial charge < -0.3 is 18.9 Å². The van der Waals surface area contributed by atoms with E-state index in [-0.39, 0.29) is 23.5 Å². The van der Waals surface area contributed by atoms with Crippen molar-refractivity contribution in [2.45, 2.75) is 50.7 Å². The van der Waals surface area contributed by atoms with Crippen LogP contribution in [0.25, 0.3) is 0 Å². The number of rotatable bonds is 3. The average Bonchev–Trinajstić information content (AvgIpc) is 3.16. The summed E-state index contributed by atoms with van der Waals surface area (Å²) >= 11 is 0. The smallest absolute Gasteiger partial charge is 0.292 e. The minimum absolute atomic E-state index is 0.0556. The maximum atomic E-state index is 12.7. The number of likely N-dealkylation sites (tertiary alicyclic amines) is 1. The van der Waals surface area contributed by atoms with E-state index < -0.39 is 0 Å². The minimum Gasteiger partial charge on any atom is -0.378 e. The molecule has 0 N–H and O–H groups in total. The SMILES string of the molecule is CO[C@H]1CCN(C(=O)c2cc(C(C)C)no2)C[C@@]12CCCO2. The molecule has 2 atom stereocenters. The number of nitrogens with zero attached hydrogens (tertiary/aromatic N) is 2. The minimum atomic E-state index is -0.358. The van der Waals surface area contributed by atoms with E-state index in [4.69, 9.17) is 14.0 Å². The monoisotopic (exact) mass is 308 g/mol. The van der Waals surface area contributed by atoms with Gasteiger partial charge in [0, 0.05) is 26.3 Å². The third-order valence-corrected chi connectivity index (χ3v) is 4.74. The molecule has 6 nitrogen and oxygen atoms in total. The highest BCUT2D eigenvalue weighted by molar-refractivity contribution is 5.91. The molecule has 0 unspecified atom stereocenters. The summed E-state index contributed by atoms with van der Waals surface area (Å²) in [5.74, 6) is 0.450. The Kier molecular flexibility index (Phi) is 4.23. The van der Waals surface area contributed by atoms with Crippen molar-refractivity contribution in [3.05, 3.63) is 17.5 Å². The van der Waals surface area contributed by atoms with E-state index in [2.05, 4.69) is 5.16 Å². The van der Waals surface area contributed by atoms with Crippen LogP contribution in [0.3, 0.4) is 0 Å². The Bertz CT molecular complexity index is 534. The summed E-state index contributed by atoms with van der Waals surface area (Å²) in [6, 6.07) is 1.75. The normalized spacial score (nSPS) is 28.7. The Hall–Kier alpha value is -1.40. The lowest BCUT2D eigenvalue weighted by Crippen LogP contribution is -2.58. The molecule has 2 aliphatic heterocycles. The van der Waals surface area contributed by atoms with Gasteiger partial charge in [-0.1, -0.05) is 19.0 Å². The first-order chi connectivity index (χ1) is 10.6. The van der Waals surface area contributed by atoms with Crippen molar-refractivity contribution < 1.29 is 18.8 Å². The average molecular weight is 308 g/mol. The molecule has 3 heterocycles. The molecule has 1 amide bonds. The van der Waals surface area contributed by atoms with Crippen molar-refractivity contribution in [1.82, 2.24) is 10.1 Å². The molecule has 22 heavy (non-hydrogen) atoms. The summed E-state index contributed by atoms with van der Waals surface area (Å²) in [6.07, 6.45) is 2.79. The van der Waals surface area contributed by atoms with Crippen LogP contribution in [-0.2, 0) is 9.47 Å². The quantitative estimate of drug-likeness (QED) is 0.856. The topological polar surface area (TPSA) is 64.8 Å². The van der Waals surface area contributed by atoms with Gasteiger partial charge in [-0.2, -0.15) is 0 Å². The molecule has 1 spiro atoms. The molecule has 0 aliphatic carbocycles. The maximum absolute atomic E-state index is 12.7. The Morgan fingerprint density at radius 1 is 1.55 bits per heavy atom. The van der Waals surface area contributed by atoms with Gasteiger partial charge in [0.2, 0.25) is 5.76 Å². The zero-order valence-electron chi connectivity index (χ0n) is 13.5. The predicted octanol–water partition coefficient (Wildman–Crippen LogP) is 2.21.